The Labute approximate surface area is 254 Å². The van der Waals surface area contributed by atoms with Crippen LogP contribution in [0.15, 0.2) is 48.5 Å². The molecule has 2 amide bonds. The first-order valence-corrected chi connectivity index (χ1v) is 12.9. The smallest absolute Gasteiger partial charge is 0.460 e. The third kappa shape index (κ3) is 9.59. The Morgan fingerprint density at radius 3 is 1.98 bits per heavy atom. The number of amides is 2. The maximum atomic E-state index is 13.8. The molecule has 0 saturated heterocycles. The second-order valence-corrected chi connectivity index (χ2v) is 9.21. The summed E-state index contributed by atoms with van der Waals surface area (Å²) >= 11 is 0. The van der Waals surface area contributed by atoms with Gasteiger partial charge in [0.25, 0.3) is 5.69 Å². The highest BCUT2D eigenvalue weighted by Gasteiger charge is 2.82. The van der Waals surface area contributed by atoms with Gasteiger partial charge in [0.1, 0.15) is 12.4 Å². The number of alkyl halides is 9. The zero-order valence-corrected chi connectivity index (χ0v) is 23.5. The van der Waals surface area contributed by atoms with Gasteiger partial charge in [0.15, 0.2) is 6.10 Å². The van der Waals surface area contributed by atoms with E-state index in [1.165, 1.54) is 24.3 Å². The minimum Gasteiger partial charge on any atom is -0.492 e. The van der Waals surface area contributed by atoms with E-state index in [0.717, 1.165) is 24.3 Å². The van der Waals surface area contributed by atoms with E-state index in [1.54, 1.807) is 6.92 Å². The van der Waals surface area contributed by atoms with E-state index in [1.807, 2.05) is 0 Å². The number of anilines is 1. The van der Waals surface area contributed by atoms with Gasteiger partial charge in [-0.3, -0.25) is 10.1 Å². The standard InChI is InChI=1S/C26H26F9N3O8/c1-2-44-20(21(39)40)15-16-3-9-19(10-4-16)45-13-11-37(22(41)36-17-5-7-18(8-6-17)38(42)43)12-14-46-26(34,35)24(29,30)23(27,28)25(31,32)33/h3-10,20H,2,11-15H2,1H3,(H,36,41)(H,39,40). The lowest BCUT2D eigenvalue weighted by Gasteiger charge is -2.33. The summed E-state index contributed by atoms with van der Waals surface area (Å²) in [4.78, 5) is 34.7. The second-order valence-electron chi connectivity index (χ2n) is 9.21. The van der Waals surface area contributed by atoms with E-state index >= 15 is 0 Å². The summed E-state index contributed by atoms with van der Waals surface area (Å²) in [5, 5.41) is 22.2. The van der Waals surface area contributed by atoms with E-state index in [-0.39, 0.29) is 30.2 Å². The number of benzene rings is 2. The highest BCUT2D eigenvalue weighted by Crippen LogP contribution is 2.53. The summed E-state index contributed by atoms with van der Waals surface area (Å²) in [6, 6.07) is 8.81. The number of nitrogens with one attached hydrogen (secondary N) is 1. The number of nitro groups is 1. The average Bonchev–Trinajstić information content (AvgIpc) is 2.96. The number of aliphatic carboxylic acids is 1. The fraction of sp³-hybridized carbons (Fsp3) is 0.462. The number of carbonyl (C=O) groups excluding carboxylic acids is 1. The van der Waals surface area contributed by atoms with Gasteiger partial charge < -0.3 is 29.5 Å². The number of hydrogen-bond donors (Lipinski definition) is 2. The van der Waals surface area contributed by atoms with Crippen LogP contribution in [0.3, 0.4) is 0 Å². The molecule has 0 bridgehead atoms. The Morgan fingerprint density at radius 1 is 0.913 bits per heavy atom. The minimum absolute atomic E-state index is 0.0125. The lowest BCUT2D eigenvalue weighted by atomic mass is 10.1. The molecule has 0 aliphatic carbocycles. The quantitative estimate of drug-likeness (QED) is 0.118. The molecule has 11 nitrogen and oxygen atoms in total. The highest BCUT2D eigenvalue weighted by atomic mass is 19.4. The zero-order chi connectivity index (χ0) is 34.9. The highest BCUT2D eigenvalue weighted by molar-refractivity contribution is 5.89. The first-order chi connectivity index (χ1) is 21.2. The predicted molar refractivity (Wildman–Crippen MR) is 139 cm³/mol. The maximum absolute atomic E-state index is 13.8. The van der Waals surface area contributed by atoms with Crippen LogP contribution >= 0.6 is 0 Å². The van der Waals surface area contributed by atoms with Crippen LogP contribution in [-0.2, 0) is 20.7 Å². The SMILES string of the molecule is CCOC(Cc1ccc(OCCN(CCOC(F)(F)C(F)(F)C(F)(F)C(F)(F)F)C(=O)Nc2ccc([N+](=O)[O-])cc2)cc1)C(=O)O. The van der Waals surface area contributed by atoms with Gasteiger partial charge in [0, 0.05) is 37.4 Å². The van der Waals surface area contributed by atoms with Crippen LogP contribution in [0.5, 0.6) is 5.75 Å². The molecular weight excluding hydrogens is 653 g/mol. The van der Waals surface area contributed by atoms with Crippen LogP contribution in [0.25, 0.3) is 0 Å². The summed E-state index contributed by atoms with van der Waals surface area (Å²) in [5.74, 6) is -15.2. The molecule has 2 aromatic rings. The second kappa shape index (κ2) is 15.3. The summed E-state index contributed by atoms with van der Waals surface area (Å²) in [6.45, 7) is -1.88. The van der Waals surface area contributed by atoms with Crippen molar-refractivity contribution in [1.82, 2.24) is 4.90 Å². The minimum atomic E-state index is -7.17. The van der Waals surface area contributed by atoms with Crippen molar-refractivity contribution in [2.75, 3.05) is 38.2 Å². The van der Waals surface area contributed by atoms with Crippen molar-refractivity contribution in [3.63, 3.8) is 0 Å². The number of halogens is 9. The number of carbonyl (C=O) groups is 2. The zero-order valence-electron chi connectivity index (χ0n) is 23.5. The van der Waals surface area contributed by atoms with Crippen molar-refractivity contribution in [2.24, 2.45) is 0 Å². The molecule has 20 heteroatoms. The summed E-state index contributed by atoms with van der Waals surface area (Å²) in [5.41, 5.74) is 0.118. The number of urea groups is 1. The van der Waals surface area contributed by atoms with Gasteiger partial charge in [0.2, 0.25) is 0 Å². The van der Waals surface area contributed by atoms with E-state index < -0.39 is 73.5 Å². The molecule has 2 N–H and O–H groups in total. The molecule has 0 aromatic heterocycles. The molecule has 0 aliphatic heterocycles. The Hall–Kier alpha value is -4.33. The molecule has 46 heavy (non-hydrogen) atoms. The number of non-ortho nitro benzene ring substituents is 1. The number of hydrogen-bond acceptors (Lipinski definition) is 7. The number of nitrogens with zero attached hydrogens (tertiary/aromatic N) is 2. The monoisotopic (exact) mass is 679 g/mol. The largest absolute Gasteiger partial charge is 0.492 e. The van der Waals surface area contributed by atoms with E-state index in [9.17, 15) is 64.3 Å². The first kappa shape index (κ1) is 37.9. The molecule has 1 atom stereocenters. The first-order valence-electron chi connectivity index (χ1n) is 12.9. The number of rotatable bonds is 17. The van der Waals surface area contributed by atoms with Gasteiger partial charge in [-0.1, -0.05) is 12.1 Å². The lowest BCUT2D eigenvalue weighted by molar-refractivity contribution is -0.443. The van der Waals surface area contributed by atoms with Gasteiger partial charge in [-0.25, -0.2) is 9.59 Å². The van der Waals surface area contributed by atoms with Gasteiger partial charge in [-0.15, -0.1) is 0 Å². The van der Waals surface area contributed by atoms with Crippen LogP contribution in [0, 0.1) is 10.1 Å². The van der Waals surface area contributed by atoms with E-state index in [0.29, 0.717) is 10.5 Å². The normalized spacial score (nSPS) is 13.2. The van der Waals surface area contributed by atoms with Crippen molar-refractivity contribution >= 4 is 23.4 Å². The van der Waals surface area contributed by atoms with Crippen LogP contribution in [0.4, 0.5) is 55.7 Å². The fourth-order valence-electron chi connectivity index (χ4n) is 3.55. The summed E-state index contributed by atoms with van der Waals surface area (Å²) in [6.07, 6.45) is -14.5. The molecule has 0 spiro atoms. The molecule has 0 heterocycles. The van der Waals surface area contributed by atoms with Crippen molar-refractivity contribution in [3.05, 3.63) is 64.2 Å². The number of nitro benzene ring substituents is 1. The molecule has 2 aromatic carbocycles. The van der Waals surface area contributed by atoms with Crippen LogP contribution < -0.4 is 10.1 Å². The van der Waals surface area contributed by atoms with Crippen molar-refractivity contribution in [3.8, 4) is 5.75 Å². The van der Waals surface area contributed by atoms with Crippen LogP contribution in [0.2, 0.25) is 0 Å². The molecular formula is C26H26F9N3O8. The Bertz CT molecular complexity index is 1330. The molecule has 0 fully saturated rings. The third-order valence-electron chi connectivity index (χ3n) is 5.99. The molecule has 2 rings (SSSR count). The molecule has 256 valence electrons. The van der Waals surface area contributed by atoms with Gasteiger partial charge >= 0.3 is 36.1 Å². The number of carboxylic acids is 1. The number of ether oxygens (including phenoxy) is 3. The molecule has 0 radical (unpaired) electrons. The maximum Gasteiger partial charge on any atom is 0.460 e. The van der Waals surface area contributed by atoms with Crippen LogP contribution in [0.1, 0.15) is 12.5 Å². The van der Waals surface area contributed by atoms with Gasteiger partial charge in [-0.05, 0) is 36.8 Å². The van der Waals surface area contributed by atoms with Gasteiger partial charge in [-0.2, -0.15) is 39.5 Å². The van der Waals surface area contributed by atoms with E-state index in [2.05, 4.69) is 10.1 Å². The fourth-order valence-corrected chi connectivity index (χ4v) is 3.55. The predicted octanol–water partition coefficient (Wildman–Crippen LogP) is 5.98. The molecule has 0 aliphatic rings. The van der Waals surface area contributed by atoms with Crippen molar-refractivity contribution < 1.29 is 73.3 Å². The van der Waals surface area contributed by atoms with Gasteiger partial charge in [0.05, 0.1) is 18.1 Å². The topological polar surface area (TPSA) is 140 Å². The van der Waals surface area contributed by atoms with E-state index in [4.69, 9.17) is 9.47 Å². The van der Waals surface area contributed by atoms with Crippen molar-refractivity contribution in [1.29, 1.82) is 0 Å². The Kier molecular flexibility index (Phi) is 12.6. The summed E-state index contributed by atoms with van der Waals surface area (Å²) in [7, 11) is 0. The lowest BCUT2D eigenvalue weighted by Crippen LogP contribution is -2.62. The Balaban J connectivity index is 2.13. The van der Waals surface area contributed by atoms with Crippen molar-refractivity contribution in [2.45, 2.75) is 43.6 Å². The summed E-state index contributed by atoms with van der Waals surface area (Å²) < 4.78 is 132. The average molecular weight is 679 g/mol. The van der Waals surface area contributed by atoms with Crippen LogP contribution in [-0.4, -0.2) is 90.1 Å². The molecule has 0 saturated carbocycles. The molecule has 1 unspecified atom stereocenters. The number of carboxylic acid groups (broad SMARTS) is 1. The Morgan fingerprint density at radius 2 is 1.48 bits per heavy atom. The third-order valence-corrected chi connectivity index (χ3v) is 5.99.